The third-order valence-electron chi connectivity index (χ3n) is 4.20. The van der Waals surface area contributed by atoms with E-state index in [2.05, 4.69) is 5.32 Å². The van der Waals surface area contributed by atoms with E-state index < -0.39 is 22.9 Å². The predicted molar refractivity (Wildman–Crippen MR) is 88.4 cm³/mol. The van der Waals surface area contributed by atoms with Gasteiger partial charge in [-0.3, -0.25) is 9.59 Å². The standard InChI is InChI=1S/C16H32N4O2/c1-15(2)10-12(17)11-16(3,4)20(15)14(22)13(21)18-8-7-9-19(5)6/h12H,7-11,17H2,1-6H3,(H,18,21). The number of nitrogens with two attached hydrogens (primary N) is 1. The molecule has 128 valence electrons. The van der Waals surface area contributed by atoms with Gasteiger partial charge in [-0.15, -0.1) is 0 Å². The monoisotopic (exact) mass is 312 g/mol. The Bertz CT molecular complexity index is 400. The van der Waals surface area contributed by atoms with Crippen LogP contribution in [0, 0.1) is 0 Å². The Morgan fingerprint density at radius 1 is 1.18 bits per heavy atom. The third kappa shape index (κ3) is 4.68. The summed E-state index contributed by atoms with van der Waals surface area (Å²) in [4.78, 5) is 28.6. The van der Waals surface area contributed by atoms with Crippen molar-refractivity contribution in [3.05, 3.63) is 0 Å². The first-order valence-corrected chi connectivity index (χ1v) is 8.00. The smallest absolute Gasteiger partial charge is 0.312 e. The average Bonchev–Trinajstić information content (AvgIpc) is 2.30. The highest BCUT2D eigenvalue weighted by molar-refractivity contribution is 6.35. The van der Waals surface area contributed by atoms with Crippen molar-refractivity contribution in [1.29, 1.82) is 0 Å². The first-order valence-electron chi connectivity index (χ1n) is 8.00. The van der Waals surface area contributed by atoms with Gasteiger partial charge >= 0.3 is 11.8 Å². The number of carbonyl (C=O) groups excluding carboxylic acids is 2. The van der Waals surface area contributed by atoms with Crippen LogP contribution in [0.3, 0.4) is 0 Å². The first kappa shape index (κ1) is 18.9. The van der Waals surface area contributed by atoms with Gasteiger partial charge in [0.1, 0.15) is 0 Å². The number of piperidine rings is 1. The Balaban J connectivity index is 2.71. The van der Waals surface area contributed by atoms with Gasteiger partial charge in [-0.25, -0.2) is 0 Å². The third-order valence-corrected chi connectivity index (χ3v) is 4.20. The van der Waals surface area contributed by atoms with Gasteiger partial charge in [0.05, 0.1) is 0 Å². The Morgan fingerprint density at radius 3 is 2.14 bits per heavy atom. The van der Waals surface area contributed by atoms with Gasteiger partial charge in [-0.2, -0.15) is 0 Å². The fraction of sp³-hybridized carbons (Fsp3) is 0.875. The number of hydrogen-bond donors (Lipinski definition) is 2. The molecular formula is C16H32N4O2. The van der Waals surface area contributed by atoms with Crippen LogP contribution in [0.1, 0.15) is 47.0 Å². The number of nitrogens with zero attached hydrogens (tertiary/aromatic N) is 2. The van der Waals surface area contributed by atoms with E-state index in [4.69, 9.17) is 5.73 Å². The van der Waals surface area contributed by atoms with Gasteiger partial charge in [0.2, 0.25) is 0 Å². The molecule has 1 heterocycles. The second-order valence-electron chi connectivity index (χ2n) is 7.85. The first-order chi connectivity index (χ1) is 9.97. The maximum atomic E-state index is 12.6. The summed E-state index contributed by atoms with van der Waals surface area (Å²) in [6.45, 7) is 9.30. The van der Waals surface area contributed by atoms with Crippen LogP contribution >= 0.6 is 0 Å². The molecule has 1 aliphatic heterocycles. The van der Waals surface area contributed by atoms with Gasteiger partial charge in [0.25, 0.3) is 0 Å². The normalized spacial score (nSPS) is 21.0. The van der Waals surface area contributed by atoms with Crippen molar-refractivity contribution in [2.45, 2.75) is 64.1 Å². The molecule has 0 radical (unpaired) electrons. The fourth-order valence-electron chi connectivity index (χ4n) is 3.68. The van der Waals surface area contributed by atoms with E-state index in [1.165, 1.54) is 0 Å². The van der Waals surface area contributed by atoms with Gasteiger partial charge in [0.15, 0.2) is 0 Å². The predicted octanol–water partition coefficient (Wildman–Crippen LogP) is 0.561. The van der Waals surface area contributed by atoms with E-state index in [0.717, 1.165) is 13.0 Å². The number of carbonyl (C=O) groups is 2. The highest BCUT2D eigenvalue weighted by Gasteiger charge is 2.48. The molecule has 1 rings (SSSR count). The van der Waals surface area contributed by atoms with E-state index >= 15 is 0 Å². The summed E-state index contributed by atoms with van der Waals surface area (Å²) < 4.78 is 0. The van der Waals surface area contributed by atoms with Gasteiger partial charge < -0.3 is 20.9 Å². The average molecular weight is 312 g/mol. The molecule has 0 aliphatic carbocycles. The van der Waals surface area contributed by atoms with E-state index in [1.54, 1.807) is 4.90 Å². The molecule has 2 amide bonds. The van der Waals surface area contributed by atoms with E-state index in [-0.39, 0.29) is 6.04 Å². The summed E-state index contributed by atoms with van der Waals surface area (Å²) in [5.41, 5.74) is 5.27. The number of rotatable bonds is 4. The van der Waals surface area contributed by atoms with Crippen LogP contribution in [0.4, 0.5) is 0 Å². The van der Waals surface area contributed by atoms with E-state index in [1.807, 2.05) is 46.7 Å². The zero-order chi connectivity index (χ0) is 17.1. The number of amides is 2. The molecule has 6 heteroatoms. The molecule has 1 fully saturated rings. The van der Waals surface area contributed by atoms with Crippen LogP contribution in [0.15, 0.2) is 0 Å². The largest absolute Gasteiger partial charge is 0.348 e. The molecule has 22 heavy (non-hydrogen) atoms. The van der Waals surface area contributed by atoms with E-state index in [9.17, 15) is 9.59 Å². The minimum Gasteiger partial charge on any atom is -0.348 e. The zero-order valence-corrected chi connectivity index (χ0v) is 14.9. The molecule has 1 saturated heterocycles. The number of nitrogens with one attached hydrogen (secondary N) is 1. The molecular weight excluding hydrogens is 280 g/mol. The molecule has 3 N–H and O–H groups in total. The van der Waals surface area contributed by atoms with Crippen molar-refractivity contribution in [2.24, 2.45) is 5.73 Å². The number of hydrogen-bond acceptors (Lipinski definition) is 4. The summed E-state index contributed by atoms with van der Waals surface area (Å²) in [6, 6.07) is 0.0530. The highest BCUT2D eigenvalue weighted by atomic mass is 16.2. The van der Waals surface area contributed by atoms with Gasteiger partial charge in [0, 0.05) is 23.7 Å². The van der Waals surface area contributed by atoms with Crippen molar-refractivity contribution < 1.29 is 9.59 Å². The Labute approximate surface area is 134 Å². The minimum atomic E-state index is -0.518. The summed E-state index contributed by atoms with van der Waals surface area (Å²) in [6.07, 6.45) is 2.23. The SMILES string of the molecule is CN(C)CCCNC(=O)C(=O)N1C(C)(C)CC(N)CC1(C)C. The lowest BCUT2D eigenvalue weighted by atomic mass is 9.77. The molecule has 0 aromatic rings. The molecule has 0 bridgehead atoms. The van der Waals surface area contributed by atoms with Crippen LogP contribution in [-0.2, 0) is 9.59 Å². The zero-order valence-electron chi connectivity index (χ0n) is 14.9. The fourth-order valence-corrected chi connectivity index (χ4v) is 3.68. The molecule has 0 aromatic carbocycles. The van der Waals surface area contributed by atoms with Crippen molar-refractivity contribution >= 4 is 11.8 Å². The number of likely N-dealkylation sites (tertiary alicyclic amines) is 1. The summed E-state index contributed by atoms with van der Waals surface area (Å²) in [5.74, 6) is -0.970. The lowest BCUT2D eigenvalue weighted by Gasteiger charge is -2.54. The summed E-state index contributed by atoms with van der Waals surface area (Å²) in [5, 5.41) is 2.73. The Kier molecular flexibility index (Phi) is 5.98. The summed E-state index contributed by atoms with van der Waals surface area (Å²) in [7, 11) is 3.96. The second-order valence-corrected chi connectivity index (χ2v) is 7.85. The van der Waals surface area contributed by atoms with Gasteiger partial charge in [-0.1, -0.05) is 0 Å². The second kappa shape index (κ2) is 6.96. The van der Waals surface area contributed by atoms with Crippen LogP contribution in [0.25, 0.3) is 0 Å². The minimum absolute atomic E-state index is 0.0530. The lowest BCUT2D eigenvalue weighted by Crippen LogP contribution is -2.67. The van der Waals surface area contributed by atoms with Crippen molar-refractivity contribution in [3.63, 3.8) is 0 Å². The van der Waals surface area contributed by atoms with Gasteiger partial charge in [-0.05, 0) is 67.6 Å². The quantitative estimate of drug-likeness (QED) is 0.587. The molecule has 0 unspecified atom stereocenters. The highest BCUT2D eigenvalue weighted by Crippen LogP contribution is 2.37. The lowest BCUT2D eigenvalue weighted by molar-refractivity contribution is -0.159. The topological polar surface area (TPSA) is 78.7 Å². The summed E-state index contributed by atoms with van der Waals surface area (Å²) >= 11 is 0. The molecule has 1 aliphatic rings. The van der Waals surface area contributed by atoms with Crippen LogP contribution in [-0.4, -0.2) is 65.9 Å². The van der Waals surface area contributed by atoms with Crippen LogP contribution in [0.2, 0.25) is 0 Å². The Hall–Kier alpha value is -1.14. The molecule has 6 nitrogen and oxygen atoms in total. The van der Waals surface area contributed by atoms with Crippen LogP contribution in [0.5, 0.6) is 0 Å². The van der Waals surface area contributed by atoms with Crippen molar-refractivity contribution in [1.82, 2.24) is 15.1 Å². The van der Waals surface area contributed by atoms with E-state index in [0.29, 0.717) is 19.4 Å². The molecule has 0 saturated carbocycles. The molecule has 0 aromatic heterocycles. The maximum absolute atomic E-state index is 12.6. The van der Waals surface area contributed by atoms with Crippen LogP contribution < -0.4 is 11.1 Å². The Morgan fingerprint density at radius 2 is 1.68 bits per heavy atom. The maximum Gasteiger partial charge on any atom is 0.312 e. The van der Waals surface area contributed by atoms with Crippen molar-refractivity contribution in [2.75, 3.05) is 27.2 Å². The molecule has 0 spiro atoms. The van der Waals surface area contributed by atoms with Crippen molar-refractivity contribution in [3.8, 4) is 0 Å². The molecule has 0 atom stereocenters.